The van der Waals surface area contributed by atoms with Crippen LogP contribution in [-0.4, -0.2) is 36.7 Å². The fraction of sp³-hybridized carbons (Fsp3) is 0.304. The number of ether oxygens (including phenoxy) is 1. The summed E-state index contributed by atoms with van der Waals surface area (Å²) in [6, 6.07) is 13.3. The lowest BCUT2D eigenvalue weighted by Gasteiger charge is -2.16. The van der Waals surface area contributed by atoms with E-state index in [0.717, 1.165) is 12.0 Å². The molecule has 1 saturated heterocycles. The summed E-state index contributed by atoms with van der Waals surface area (Å²) in [5, 5.41) is 2.78. The fourth-order valence-corrected chi connectivity index (χ4v) is 3.37. The minimum absolute atomic E-state index is 0.0342. The Morgan fingerprint density at radius 2 is 1.83 bits per heavy atom. The number of ketones is 1. The van der Waals surface area contributed by atoms with E-state index < -0.39 is 5.97 Å². The normalized spacial score (nSPS) is 14.3. The highest BCUT2D eigenvalue weighted by Gasteiger charge is 2.22. The van der Waals surface area contributed by atoms with Crippen LogP contribution in [-0.2, 0) is 14.3 Å². The Hall–Kier alpha value is -3.48. The maximum absolute atomic E-state index is 12.4. The summed E-state index contributed by atoms with van der Waals surface area (Å²) < 4.78 is 5.17. The van der Waals surface area contributed by atoms with Gasteiger partial charge in [-0.25, -0.2) is 4.79 Å². The van der Waals surface area contributed by atoms with Crippen molar-refractivity contribution in [3.05, 3.63) is 65.2 Å². The molecule has 156 valence electrons. The van der Waals surface area contributed by atoms with Gasteiger partial charge in [-0.3, -0.25) is 14.4 Å². The maximum Gasteiger partial charge on any atom is 0.338 e. The van der Waals surface area contributed by atoms with Crippen LogP contribution in [0.15, 0.2) is 48.5 Å². The van der Waals surface area contributed by atoms with Crippen molar-refractivity contribution in [1.29, 1.82) is 0 Å². The highest BCUT2D eigenvalue weighted by atomic mass is 16.5. The summed E-state index contributed by atoms with van der Waals surface area (Å²) in [6.45, 7) is 3.55. The molecule has 7 nitrogen and oxygen atoms in total. The SMILES string of the molecule is CC(=O)N[C@@H](C)c1ccc(C(=O)COC(=O)c2cccc(N3CCCC3=O)c2)cc1. The van der Waals surface area contributed by atoms with Gasteiger partial charge in [0.25, 0.3) is 0 Å². The Labute approximate surface area is 175 Å². The molecular formula is C23H24N2O5. The molecule has 2 aromatic rings. The first kappa shape index (κ1) is 21.2. The molecule has 0 aliphatic carbocycles. The highest BCUT2D eigenvalue weighted by Crippen LogP contribution is 2.22. The molecule has 0 saturated carbocycles. The molecular weight excluding hydrogens is 384 g/mol. The summed E-state index contributed by atoms with van der Waals surface area (Å²) in [5.41, 5.74) is 2.23. The molecule has 1 atom stereocenters. The molecule has 2 amide bonds. The molecule has 1 aliphatic heterocycles. The zero-order valence-corrected chi connectivity index (χ0v) is 17.0. The van der Waals surface area contributed by atoms with Gasteiger partial charge in [0.1, 0.15) is 0 Å². The lowest BCUT2D eigenvalue weighted by Crippen LogP contribution is -2.24. The van der Waals surface area contributed by atoms with Gasteiger partial charge in [-0.1, -0.05) is 30.3 Å². The van der Waals surface area contributed by atoms with Gasteiger partial charge in [0, 0.05) is 31.1 Å². The molecule has 1 aliphatic rings. The number of Topliss-reactive ketones (excluding diaryl/α,β-unsaturated/α-hetero) is 1. The quantitative estimate of drug-likeness (QED) is 0.561. The van der Waals surface area contributed by atoms with Crippen LogP contribution in [0.4, 0.5) is 5.69 Å². The summed E-state index contributed by atoms with van der Waals surface area (Å²) in [5.74, 6) is -1.04. The number of esters is 1. The number of hydrogen-bond acceptors (Lipinski definition) is 5. The molecule has 0 aromatic heterocycles. The Kier molecular flexibility index (Phi) is 6.61. The number of carbonyl (C=O) groups excluding carboxylic acids is 4. The van der Waals surface area contributed by atoms with Crippen molar-refractivity contribution in [3.63, 3.8) is 0 Å². The molecule has 1 N–H and O–H groups in total. The zero-order chi connectivity index (χ0) is 21.7. The topological polar surface area (TPSA) is 92.8 Å². The Morgan fingerprint density at radius 1 is 1.10 bits per heavy atom. The monoisotopic (exact) mass is 408 g/mol. The van der Waals surface area contributed by atoms with E-state index in [2.05, 4.69) is 5.32 Å². The fourth-order valence-electron chi connectivity index (χ4n) is 3.37. The number of nitrogens with zero attached hydrogens (tertiary/aromatic N) is 1. The average molecular weight is 408 g/mol. The molecule has 1 heterocycles. The molecule has 30 heavy (non-hydrogen) atoms. The van der Waals surface area contributed by atoms with Crippen LogP contribution < -0.4 is 10.2 Å². The average Bonchev–Trinajstić information content (AvgIpc) is 3.17. The molecule has 2 aromatic carbocycles. The maximum atomic E-state index is 12.4. The van der Waals surface area contributed by atoms with E-state index in [1.807, 2.05) is 6.92 Å². The third-order valence-corrected chi connectivity index (χ3v) is 4.95. The smallest absolute Gasteiger partial charge is 0.338 e. The number of amides is 2. The lowest BCUT2D eigenvalue weighted by atomic mass is 10.0. The van der Waals surface area contributed by atoms with Gasteiger partial charge in [0.15, 0.2) is 12.4 Å². The van der Waals surface area contributed by atoms with Gasteiger partial charge in [-0.2, -0.15) is 0 Å². The number of carbonyl (C=O) groups is 4. The first-order valence-corrected chi connectivity index (χ1v) is 9.83. The minimum Gasteiger partial charge on any atom is -0.454 e. The van der Waals surface area contributed by atoms with E-state index >= 15 is 0 Å². The summed E-state index contributed by atoms with van der Waals surface area (Å²) in [7, 11) is 0. The molecule has 7 heteroatoms. The second-order valence-electron chi connectivity index (χ2n) is 7.24. The van der Waals surface area contributed by atoms with Crippen molar-refractivity contribution in [2.45, 2.75) is 32.7 Å². The van der Waals surface area contributed by atoms with E-state index in [1.54, 1.807) is 53.4 Å². The van der Waals surface area contributed by atoms with E-state index in [-0.39, 0.29) is 30.2 Å². The van der Waals surface area contributed by atoms with Crippen molar-refractivity contribution >= 4 is 29.3 Å². The van der Waals surface area contributed by atoms with Gasteiger partial charge >= 0.3 is 5.97 Å². The standard InChI is InChI=1S/C23H24N2O5/c1-15(24-16(2)26)17-8-10-18(11-9-17)21(27)14-30-23(29)19-5-3-6-20(13-19)25-12-4-7-22(25)28/h3,5-6,8-11,13,15H,4,7,12,14H2,1-2H3,(H,24,26)/t15-/m0/s1. The van der Waals surface area contributed by atoms with Crippen molar-refractivity contribution in [3.8, 4) is 0 Å². The Morgan fingerprint density at radius 3 is 2.47 bits per heavy atom. The summed E-state index contributed by atoms with van der Waals surface area (Å²) in [4.78, 5) is 49.4. The third kappa shape index (κ3) is 5.11. The van der Waals surface area contributed by atoms with E-state index in [9.17, 15) is 19.2 Å². The lowest BCUT2D eigenvalue weighted by molar-refractivity contribution is -0.119. The summed E-state index contributed by atoms with van der Waals surface area (Å²) >= 11 is 0. The van der Waals surface area contributed by atoms with Crippen molar-refractivity contribution in [2.75, 3.05) is 18.1 Å². The third-order valence-electron chi connectivity index (χ3n) is 4.95. The van der Waals surface area contributed by atoms with Crippen molar-refractivity contribution in [2.24, 2.45) is 0 Å². The van der Waals surface area contributed by atoms with Gasteiger partial charge in [0.2, 0.25) is 11.8 Å². The van der Waals surface area contributed by atoms with E-state index in [4.69, 9.17) is 4.74 Å². The molecule has 3 rings (SSSR count). The molecule has 0 radical (unpaired) electrons. The Bertz CT molecular complexity index is 968. The number of hydrogen-bond donors (Lipinski definition) is 1. The predicted octanol–water partition coefficient (Wildman–Crippen LogP) is 3.05. The van der Waals surface area contributed by atoms with Crippen molar-refractivity contribution < 1.29 is 23.9 Å². The largest absolute Gasteiger partial charge is 0.454 e. The van der Waals surface area contributed by atoms with E-state index in [1.165, 1.54) is 6.92 Å². The van der Waals surface area contributed by atoms with Crippen LogP contribution in [0.5, 0.6) is 0 Å². The zero-order valence-electron chi connectivity index (χ0n) is 17.0. The van der Waals surface area contributed by atoms with Crippen LogP contribution in [0, 0.1) is 0 Å². The second-order valence-corrected chi connectivity index (χ2v) is 7.24. The number of rotatable bonds is 7. The summed E-state index contributed by atoms with van der Waals surface area (Å²) in [6.07, 6.45) is 1.30. The molecule has 0 bridgehead atoms. The van der Waals surface area contributed by atoms with Gasteiger partial charge < -0.3 is 15.0 Å². The van der Waals surface area contributed by atoms with Crippen molar-refractivity contribution in [1.82, 2.24) is 5.32 Å². The number of anilines is 1. The number of nitrogens with one attached hydrogen (secondary N) is 1. The van der Waals surface area contributed by atoms with Crippen LogP contribution in [0.2, 0.25) is 0 Å². The Balaban J connectivity index is 1.59. The first-order chi connectivity index (χ1) is 14.3. The van der Waals surface area contributed by atoms with Gasteiger partial charge in [-0.05, 0) is 37.1 Å². The van der Waals surface area contributed by atoms with Crippen LogP contribution in [0.3, 0.4) is 0 Å². The van der Waals surface area contributed by atoms with Gasteiger partial charge in [0.05, 0.1) is 11.6 Å². The van der Waals surface area contributed by atoms with E-state index in [0.29, 0.717) is 29.8 Å². The molecule has 0 spiro atoms. The number of benzene rings is 2. The van der Waals surface area contributed by atoms with Crippen LogP contribution in [0.25, 0.3) is 0 Å². The molecule has 0 unspecified atom stereocenters. The minimum atomic E-state index is -0.618. The second kappa shape index (κ2) is 9.35. The predicted molar refractivity (Wildman–Crippen MR) is 111 cm³/mol. The van der Waals surface area contributed by atoms with Crippen LogP contribution in [0.1, 0.15) is 59.0 Å². The highest BCUT2D eigenvalue weighted by molar-refractivity contribution is 6.00. The van der Waals surface area contributed by atoms with Gasteiger partial charge in [-0.15, -0.1) is 0 Å². The van der Waals surface area contributed by atoms with Crippen LogP contribution >= 0.6 is 0 Å². The first-order valence-electron chi connectivity index (χ1n) is 9.83. The molecule has 1 fully saturated rings.